The predicted octanol–water partition coefficient (Wildman–Crippen LogP) is 3.44. The molecule has 0 unspecified atom stereocenters. The molecular weight excluding hydrogens is 367 g/mol. The van der Waals surface area contributed by atoms with Crippen molar-refractivity contribution in [1.82, 2.24) is 0 Å². The first-order valence-electron chi connectivity index (χ1n) is 7.28. The molecule has 2 aromatic rings. The lowest BCUT2D eigenvalue weighted by molar-refractivity contribution is -0.121. The molecule has 2 amide bonds. The third kappa shape index (κ3) is 3.45. The summed E-state index contributed by atoms with van der Waals surface area (Å²) in [7, 11) is 0. The zero-order valence-electron chi connectivity index (χ0n) is 12.7. The van der Waals surface area contributed by atoms with Crippen molar-refractivity contribution in [2.24, 2.45) is 0 Å². The van der Waals surface area contributed by atoms with Gasteiger partial charge in [0.1, 0.15) is 6.04 Å². The van der Waals surface area contributed by atoms with Crippen LogP contribution in [-0.2, 0) is 9.59 Å². The number of aromatic carboxylic acids is 1. The number of benzene rings is 2. The number of carbonyl (C=O) groups excluding carboxylic acids is 2. The number of hydrogen-bond acceptors (Lipinski definition) is 4. The van der Waals surface area contributed by atoms with E-state index in [0.29, 0.717) is 15.7 Å². The van der Waals surface area contributed by atoms with Crippen molar-refractivity contribution >= 4 is 52.4 Å². The maximum absolute atomic E-state index is 12.6. The van der Waals surface area contributed by atoms with Crippen molar-refractivity contribution < 1.29 is 19.5 Å². The van der Waals surface area contributed by atoms with E-state index in [1.54, 1.807) is 12.1 Å². The topological polar surface area (TPSA) is 86.7 Å². The van der Waals surface area contributed by atoms with Crippen LogP contribution in [0.3, 0.4) is 0 Å². The van der Waals surface area contributed by atoms with Gasteiger partial charge in [-0.3, -0.25) is 9.59 Å². The molecule has 0 bridgehead atoms. The van der Waals surface area contributed by atoms with Gasteiger partial charge in [0.2, 0.25) is 5.91 Å². The smallest absolute Gasteiger partial charge is 0.335 e. The molecule has 3 rings (SSSR count). The summed E-state index contributed by atoms with van der Waals surface area (Å²) in [4.78, 5) is 36.9. The van der Waals surface area contributed by atoms with Gasteiger partial charge in [0.25, 0.3) is 5.91 Å². The number of hydrogen-bond donors (Lipinski definition) is 2. The van der Waals surface area contributed by atoms with Crippen molar-refractivity contribution in [3.63, 3.8) is 0 Å². The normalized spacial score (nSPS) is 17.0. The van der Waals surface area contributed by atoms with Crippen LogP contribution in [-0.4, -0.2) is 28.9 Å². The van der Waals surface area contributed by atoms with E-state index >= 15 is 0 Å². The quantitative estimate of drug-likeness (QED) is 0.795. The van der Waals surface area contributed by atoms with E-state index in [2.05, 4.69) is 5.32 Å². The van der Waals surface area contributed by atoms with E-state index < -0.39 is 23.8 Å². The van der Waals surface area contributed by atoms with E-state index in [1.165, 1.54) is 30.3 Å². The third-order valence-electron chi connectivity index (χ3n) is 3.76. The van der Waals surface area contributed by atoms with Gasteiger partial charge in [0.15, 0.2) is 0 Å². The predicted molar refractivity (Wildman–Crippen MR) is 94.4 cm³/mol. The Morgan fingerprint density at radius 2 is 1.92 bits per heavy atom. The molecule has 8 heteroatoms. The average Bonchev–Trinajstić information content (AvgIpc) is 2.84. The summed E-state index contributed by atoms with van der Waals surface area (Å²) in [5.41, 5.74) is 0.704. The first kappa shape index (κ1) is 17.3. The lowest BCUT2D eigenvalue weighted by Crippen LogP contribution is -2.35. The maximum Gasteiger partial charge on any atom is 0.335 e. The van der Waals surface area contributed by atoms with Crippen LogP contribution in [0.1, 0.15) is 16.8 Å². The summed E-state index contributed by atoms with van der Waals surface area (Å²) < 4.78 is 0. The van der Waals surface area contributed by atoms with Crippen LogP contribution >= 0.6 is 23.2 Å². The fourth-order valence-corrected chi connectivity index (χ4v) is 3.05. The molecule has 0 radical (unpaired) electrons. The second-order valence-corrected chi connectivity index (χ2v) is 6.29. The Bertz CT molecular complexity index is 885. The summed E-state index contributed by atoms with van der Waals surface area (Å²) in [5, 5.41) is 12.8. The molecule has 128 valence electrons. The minimum Gasteiger partial charge on any atom is -0.478 e. The summed E-state index contributed by atoms with van der Waals surface area (Å²) >= 11 is 11.9. The lowest BCUT2D eigenvalue weighted by Gasteiger charge is -2.17. The van der Waals surface area contributed by atoms with Crippen LogP contribution in [0, 0.1) is 0 Å². The van der Waals surface area contributed by atoms with E-state index in [1.807, 2.05) is 0 Å². The molecule has 2 aromatic carbocycles. The highest BCUT2D eigenvalue weighted by molar-refractivity contribution is 6.36. The standard InChI is InChI=1S/C17H12Cl2N2O4/c18-10-4-5-13(12(19)7-10)20-14-8-15(22)21(16(14)23)11-3-1-2-9(6-11)17(24)25/h1-7,14,20H,8H2,(H,24,25)/t14-/m0/s1. The number of amides is 2. The number of anilines is 2. The molecule has 1 aliphatic rings. The van der Waals surface area contributed by atoms with Crippen molar-refractivity contribution in [2.75, 3.05) is 10.2 Å². The highest BCUT2D eigenvalue weighted by Crippen LogP contribution is 2.30. The van der Waals surface area contributed by atoms with Gasteiger partial charge in [-0.05, 0) is 36.4 Å². The molecule has 0 saturated carbocycles. The molecule has 1 fully saturated rings. The number of carboxylic acids is 1. The number of rotatable bonds is 4. The van der Waals surface area contributed by atoms with Crippen LogP contribution in [0.2, 0.25) is 10.0 Å². The molecule has 1 atom stereocenters. The summed E-state index contributed by atoms with van der Waals surface area (Å²) in [6, 6.07) is 9.65. The van der Waals surface area contributed by atoms with Gasteiger partial charge in [-0.15, -0.1) is 0 Å². The molecule has 1 aliphatic heterocycles. The maximum atomic E-state index is 12.6. The van der Waals surface area contributed by atoms with Crippen LogP contribution in [0.25, 0.3) is 0 Å². The molecule has 25 heavy (non-hydrogen) atoms. The molecule has 1 heterocycles. The van der Waals surface area contributed by atoms with Crippen LogP contribution < -0.4 is 10.2 Å². The largest absolute Gasteiger partial charge is 0.478 e. The Morgan fingerprint density at radius 3 is 2.60 bits per heavy atom. The molecule has 0 aliphatic carbocycles. The van der Waals surface area contributed by atoms with Crippen LogP contribution in [0.15, 0.2) is 42.5 Å². The first-order chi connectivity index (χ1) is 11.9. The SMILES string of the molecule is O=C(O)c1cccc(N2C(=O)C[C@H](Nc3ccc(Cl)cc3Cl)C2=O)c1. The first-order valence-corrected chi connectivity index (χ1v) is 8.04. The second kappa shape index (κ2) is 6.74. The number of carboxylic acid groups (broad SMARTS) is 1. The lowest BCUT2D eigenvalue weighted by atomic mass is 10.2. The van der Waals surface area contributed by atoms with Gasteiger partial charge in [0, 0.05) is 5.02 Å². The van der Waals surface area contributed by atoms with Gasteiger partial charge < -0.3 is 10.4 Å². The summed E-state index contributed by atoms with van der Waals surface area (Å²) in [6.45, 7) is 0. The number of halogens is 2. The zero-order chi connectivity index (χ0) is 18.1. The minimum absolute atomic E-state index is 0.00439. The van der Waals surface area contributed by atoms with Gasteiger partial charge in [-0.2, -0.15) is 0 Å². The number of imide groups is 1. The van der Waals surface area contributed by atoms with Crippen molar-refractivity contribution in [3.8, 4) is 0 Å². The van der Waals surface area contributed by atoms with E-state index in [0.717, 1.165) is 4.90 Å². The Labute approximate surface area is 153 Å². The fourth-order valence-electron chi connectivity index (χ4n) is 2.59. The molecule has 2 N–H and O–H groups in total. The summed E-state index contributed by atoms with van der Waals surface area (Å²) in [6.07, 6.45) is -0.0604. The number of carbonyl (C=O) groups is 3. The zero-order valence-corrected chi connectivity index (χ0v) is 14.2. The van der Waals surface area contributed by atoms with Crippen molar-refractivity contribution in [1.29, 1.82) is 0 Å². The Morgan fingerprint density at radius 1 is 1.16 bits per heavy atom. The van der Waals surface area contributed by atoms with Gasteiger partial charge in [-0.1, -0.05) is 29.3 Å². The minimum atomic E-state index is -1.14. The molecular formula is C17H12Cl2N2O4. The van der Waals surface area contributed by atoms with Crippen molar-refractivity contribution in [2.45, 2.75) is 12.5 Å². The van der Waals surface area contributed by atoms with Crippen LogP contribution in [0.5, 0.6) is 0 Å². The molecule has 0 aromatic heterocycles. The molecule has 0 spiro atoms. The van der Waals surface area contributed by atoms with Gasteiger partial charge in [-0.25, -0.2) is 9.69 Å². The second-order valence-electron chi connectivity index (χ2n) is 5.45. The Balaban J connectivity index is 1.85. The average molecular weight is 379 g/mol. The Kier molecular flexibility index (Phi) is 4.65. The molecule has 1 saturated heterocycles. The monoisotopic (exact) mass is 378 g/mol. The highest BCUT2D eigenvalue weighted by atomic mass is 35.5. The fraction of sp³-hybridized carbons (Fsp3) is 0.118. The number of nitrogens with one attached hydrogen (secondary N) is 1. The van der Waals surface area contributed by atoms with Crippen LogP contribution in [0.4, 0.5) is 11.4 Å². The highest BCUT2D eigenvalue weighted by Gasteiger charge is 2.40. The molecule has 6 nitrogen and oxygen atoms in total. The van der Waals surface area contributed by atoms with Gasteiger partial charge >= 0.3 is 5.97 Å². The Hall–Kier alpha value is -2.57. The van der Waals surface area contributed by atoms with E-state index in [4.69, 9.17) is 28.3 Å². The summed E-state index contributed by atoms with van der Waals surface area (Å²) in [5.74, 6) is -2.03. The third-order valence-corrected chi connectivity index (χ3v) is 4.31. The number of nitrogens with zero attached hydrogens (tertiary/aromatic N) is 1. The van der Waals surface area contributed by atoms with E-state index in [9.17, 15) is 14.4 Å². The van der Waals surface area contributed by atoms with Gasteiger partial charge in [0.05, 0.1) is 28.4 Å². The van der Waals surface area contributed by atoms with E-state index in [-0.39, 0.29) is 17.7 Å². The van der Waals surface area contributed by atoms with Crippen molar-refractivity contribution in [3.05, 3.63) is 58.1 Å².